The Morgan fingerprint density at radius 3 is 2.28 bits per heavy atom. The molecule has 4 aromatic heterocycles. The van der Waals surface area contributed by atoms with E-state index in [0.717, 1.165) is 144 Å². The highest BCUT2D eigenvalue weighted by atomic mass is 32.1. The van der Waals surface area contributed by atoms with Gasteiger partial charge in [-0.15, -0.1) is 21.5 Å². The Hall–Kier alpha value is -7.40. The van der Waals surface area contributed by atoms with Crippen LogP contribution >= 0.6 is 11.3 Å². The lowest BCUT2D eigenvalue weighted by molar-refractivity contribution is -0.143. The van der Waals surface area contributed by atoms with Crippen molar-refractivity contribution in [2.24, 2.45) is 11.8 Å². The Morgan fingerprint density at radius 2 is 1.59 bits per heavy atom. The van der Waals surface area contributed by atoms with Gasteiger partial charge in [0.15, 0.2) is 17.4 Å². The number of anilines is 4. The van der Waals surface area contributed by atoms with Gasteiger partial charge in [-0.25, -0.2) is 9.97 Å². The Kier molecular flexibility index (Phi) is 17.3. The van der Waals surface area contributed by atoms with Crippen LogP contribution in [0.25, 0.3) is 21.7 Å². The van der Waals surface area contributed by atoms with Crippen LogP contribution in [0.3, 0.4) is 0 Å². The zero-order valence-corrected chi connectivity index (χ0v) is 51.7. The highest BCUT2D eigenvalue weighted by molar-refractivity contribution is 7.13. The van der Waals surface area contributed by atoms with Crippen molar-refractivity contribution in [1.29, 1.82) is 0 Å². The van der Waals surface area contributed by atoms with Gasteiger partial charge in [0.05, 0.1) is 45.8 Å². The minimum absolute atomic E-state index is 0.00661. The van der Waals surface area contributed by atoms with Crippen molar-refractivity contribution in [3.8, 4) is 33.3 Å². The van der Waals surface area contributed by atoms with E-state index in [1.54, 1.807) is 35.4 Å². The van der Waals surface area contributed by atoms with E-state index in [9.17, 15) is 24.6 Å². The van der Waals surface area contributed by atoms with E-state index in [0.29, 0.717) is 58.1 Å². The number of fused-ring (bicyclic) bond motifs is 2. The maximum Gasteiger partial charge on any atom is 0.249 e. The number of benzene rings is 2. The molecule has 88 heavy (non-hydrogen) atoms. The number of likely N-dealkylation sites (N-methyl/N-ethyl adjacent to an activating group) is 1. The Bertz CT molecular complexity index is 3420. The van der Waals surface area contributed by atoms with Crippen molar-refractivity contribution in [2.75, 3.05) is 79.8 Å². The summed E-state index contributed by atoms with van der Waals surface area (Å²) >= 11 is 1.55. The molecule has 7 fully saturated rings. The molecule has 22 heteroatoms. The van der Waals surface area contributed by atoms with Crippen molar-refractivity contribution >= 4 is 52.1 Å². The van der Waals surface area contributed by atoms with Crippen molar-refractivity contribution in [2.45, 2.75) is 158 Å². The number of aromatic nitrogens is 5. The number of para-hydroxylation sites is 1. The number of nitrogens with two attached hydrogens (primary N) is 1. The SMILES string of the molecule is Cc1ncsc1-c1ccc([C@@H](NC(=O)[C@@H]2C[C@@H](O)CN2C(=O)[C@@H](c2cc(N3CCC(CN4CCC(OC5CC(Oc6cc(N7C8CCC7CN(c7cc(-c9ccccc9O)nnc7N)C8)ccn6)C5)CC4)CC3)no2)C(C)C)C(=O)N(C)C2CCC2)cc1. The fourth-order valence-electron chi connectivity index (χ4n) is 14.6. The second kappa shape index (κ2) is 25.6. The van der Waals surface area contributed by atoms with Gasteiger partial charge in [0.25, 0.3) is 0 Å². The molecule has 5 saturated heterocycles. The molecule has 21 nitrogen and oxygen atoms in total. The van der Waals surface area contributed by atoms with Gasteiger partial charge in [-0.05, 0) is 112 Å². The summed E-state index contributed by atoms with van der Waals surface area (Å²) in [5.41, 5.74) is 14.0. The van der Waals surface area contributed by atoms with E-state index in [4.69, 9.17) is 19.7 Å². The molecule has 0 radical (unpaired) electrons. The minimum Gasteiger partial charge on any atom is -0.507 e. The zero-order valence-electron chi connectivity index (χ0n) is 50.9. The number of nitrogen functional groups attached to an aromatic ring is 1. The van der Waals surface area contributed by atoms with Crippen LogP contribution in [0.4, 0.5) is 23.0 Å². The number of piperazine rings is 1. The van der Waals surface area contributed by atoms with Crippen LogP contribution in [0.2, 0.25) is 0 Å². The van der Waals surface area contributed by atoms with Gasteiger partial charge in [-0.1, -0.05) is 55.4 Å². The van der Waals surface area contributed by atoms with Gasteiger partial charge in [-0.3, -0.25) is 14.4 Å². The van der Waals surface area contributed by atoms with Crippen LogP contribution < -0.4 is 30.5 Å². The zero-order chi connectivity index (χ0) is 60.7. The van der Waals surface area contributed by atoms with Crippen LogP contribution in [-0.4, -0.2) is 176 Å². The first-order valence-electron chi connectivity index (χ1n) is 31.9. The number of aliphatic hydroxyl groups excluding tert-OH is 1. The van der Waals surface area contributed by atoms with Crippen LogP contribution in [0.15, 0.2) is 89.0 Å². The molecule has 0 spiro atoms. The Morgan fingerprint density at radius 1 is 0.841 bits per heavy atom. The highest BCUT2D eigenvalue weighted by Gasteiger charge is 2.46. The number of rotatable bonds is 19. The van der Waals surface area contributed by atoms with Gasteiger partial charge in [0.1, 0.15) is 29.9 Å². The largest absolute Gasteiger partial charge is 0.507 e. The van der Waals surface area contributed by atoms with E-state index >= 15 is 0 Å². The van der Waals surface area contributed by atoms with E-state index in [1.807, 2.05) is 81.0 Å². The molecule has 2 saturated carbocycles. The number of aromatic hydroxyl groups is 1. The third kappa shape index (κ3) is 12.5. The van der Waals surface area contributed by atoms with E-state index in [-0.39, 0.29) is 60.8 Å². The summed E-state index contributed by atoms with van der Waals surface area (Å²) in [6.45, 7) is 12.2. The summed E-state index contributed by atoms with van der Waals surface area (Å²) in [7, 11) is 1.80. The van der Waals surface area contributed by atoms with Crippen LogP contribution in [0, 0.1) is 18.8 Å². The van der Waals surface area contributed by atoms with Crippen molar-refractivity contribution in [1.82, 2.24) is 45.3 Å². The molecular weight excluding hydrogens is 1130 g/mol. The second-order valence-electron chi connectivity index (χ2n) is 26.0. The van der Waals surface area contributed by atoms with Crippen LogP contribution in [0.1, 0.15) is 120 Å². The van der Waals surface area contributed by atoms with E-state index in [2.05, 4.69) is 62.4 Å². The number of thiazole rings is 1. The topological polar surface area (TPSA) is 245 Å². The predicted molar refractivity (Wildman–Crippen MR) is 336 cm³/mol. The number of likely N-dealkylation sites (tertiary alicyclic amines) is 2. The lowest BCUT2D eigenvalue weighted by Crippen LogP contribution is -2.54. The summed E-state index contributed by atoms with van der Waals surface area (Å²) in [6.07, 6.45) is 12.3. The maximum atomic E-state index is 14.7. The first-order chi connectivity index (χ1) is 42.7. The van der Waals surface area contributed by atoms with E-state index < -0.39 is 30.0 Å². The molecule has 2 unspecified atom stereocenters. The molecule has 3 amide bonds. The molecule has 5 N–H and O–H groups in total. The molecule has 5 aliphatic heterocycles. The smallest absolute Gasteiger partial charge is 0.249 e. The van der Waals surface area contributed by atoms with Gasteiger partial charge < -0.3 is 64.7 Å². The fraction of sp³-hybridized carbons (Fsp3) is 0.545. The molecule has 7 aliphatic rings. The third-order valence-electron chi connectivity index (χ3n) is 19.9. The molecule has 2 aromatic carbocycles. The average Bonchev–Trinajstić information content (AvgIpc) is 2.16. The number of ether oxygens (including phenoxy) is 2. The molecule has 6 aromatic rings. The lowest BCUT2D eigenvalue weighted by Gasteiger charge is -2.43. The number of carbonyl (C=O) groups excluding carboxylic acids is 3. The lowest BCUT2D eigenvalue weighted by atomic mass is 9.90. The van der Waals surface area contributed by atoms with Gasteiger partial charge in [-0.2, -0.15) is 0 Å². The number of carbonyl (C=O) groups is 3. The number of nitrogens with one attached hydrogen (secondary N) is 1. The van der Waals surface area contributed by atoms with Gasteiger partial charge in [0.2, 0.25) is 23.6 Å². The number of aliphatic hydroxyl groups is 1. The molecule has 6 atom stereocenters. The number of nitrogens with zero attached hydrogens (tertiary/aromatic N) is 11. The summed E-state index contributed by atoms with van der Waals surface area (Å²) in [5.74, 6) is 0.954. The number of piperidine rings is 2. The summed E-state index contributed by atoms with van der Waals surface area (Å²) in [4.78, 5) is 66.3. The van der Waals surface area contributed by atoms with Crippen LogP contribution in [-0.2, 0) is 19.1 Å². The Labute approximate surface area is 518 Å². The normalized spacial score (nSPS) is 24.3. The number of aryl methyl sites for hydroxylation is 1. The summed E-state index contributed by atoms with van der Waals surface area (Å²) < 4.78 is 19.1. The fourth-order valence-corrected chi connectivity index (χ4v) is 15.4. The second-order valence-corrected chi connectivity index (χ2v) is 26.9. The molecule has 13 rings (SSSR count). The van der Waals surface area contributed by atoms with Crippen molar-refractivity contribution in [3.05, 3.63) is 102 Å². The standard InChI is InChI=1S/C66H83N13O8S/c1-39(2)60(65(83)78-37-48(80)29-55(78)64(82)70-61(66(84)74(4)44-8-7-9-44)42-12-14-43(15-13-42)62-40(3)69-38-88-62)57-33-58(73-87-57)76-26-19-41(20-27-76)34-75-24-21-49(22-25-75)85-50-30-51(31-50)86-59-28-45(18-23-68-59)79-46-16-17-47(79)36-77(35-46)54-32-53(71-72-63(54)67)52-10-5-6-11-56(52)81/h5-6,10-15,18,23,28,32-33,38-39,41,44,46-51,55,60-61,80-81H,7-9,16-17,19-22,24-27,29-31,34-37H2,1-4H3,(H2,67,72)(H,70,82)/t46?,47?,48-,50?,51?,55+,60-,61-/m1/s1. The summed E-state index contributed by atoms with van der Waals surface area (Å²) in [6, 6.07) is 21.6. The number of phenolic OH excluding ortho intramolecular Hbond substituents is 1. The number of amides is 3. The first-order valence-corrected chi connectivity index (χ1v) is 32.8. The third-order valence-corrected chi connectivity index (χ3v) is 20.9. The Balaban J connectivity index is 0.551. The molecule has 9 heterocycles. The van der Waals surface area contributed by atoms with Crippen molar-refractivity contribution < 1.29 is 38.6 Å². The molecule has 466 valence electrons. The minimum atomic E-state index is -0.984. The predicted octanol–water partition coefficient (Wildman–Crippen LogP) is 7.98. The number of hydrogen-bond donors (Lipinski definition) is 4. The monoisotopic (exact) mass is 1220 g/mol. The number of β-amino-alcohol motifs (C(OH)–C–C–N with tert-alkyl or cyclic N) is 1. The average molecular weight is 1220 g/mol. The molecule has 2 bridgehead atoms. The molecule has 2 aliphatic carbocycles. The maximum absolute atomic E-state index is 14.7. The number of hydrogen-bond acceptors (Lipinski definition) is 19. The summed E-state index contributed by atoms with van der Waals surface area (Å²) in [5, 5.41) is 37.7. The van der Waals surface area contributed by atoms with Gasteiger partial charge >= 0.3 is 0 Å². The first kappa shape index (κ1) is 59.6. The van der Waals surface area contributed by atoms with Crippen molar-refractivity contribution in [3.63, 3.8) is 0 Å². The molecular formula is C66H83N13O8S. The number of phenols is 1. The quantitative estimate of drug-likeness (QED) is 0.0600. The van der Waals surface area contributed by atoms with E-state index in [1.165, 1.54) is 4.90 Å². The van der Waals surface area contributed by atoms with Crippen LogP contribution in [0.5, 0.6) is 11.6 Å². The van der Waals surface area contributed by atoms with Gasteiger partial charge in [0, 0.05) is 126 Å². The highest BCUT2D eigenvalue weighted by Crippen LogP contribution is 2.42. The number of pyridine rings is 1.